The van der Waals surface area contributed by atoms with Crippen molar-refractivity contribution in [1.82, 2.24) is 15.1 Å². The maximum absolute atomic E-state index is 11.9. The van der Waals surface area contributed by atoms with Crippen molar-refractivity contribution in [2.24, 2.45) is 0 Å². The summed E-state index contributed by atoms with van der Waals surface area (Å²) >= 11 is 0. The van der Waals surface area contributed by atoms with Crippen molar-refractivity contribution in [3.63, 3.8) is 0 Å². The Balaban J connectivity index is 2.55. The molecule has 0 saturated heterocycles. The molecule has 0 bridgehead atoms. The molecule has 0 unspecified atom stereocenters. The standard InChI is InChI=1S/C14H19N3O2S/c1-4-17(2)9-8-11-10-15-16-12-6-5-7-13(14(11)12)20(3,18)19/h5-7,10H,4,8-9H2,1-3H3. The van der Waals surface area contributed by atoms with Crippen LogP contribution in [0.1, 0.15) is 12.5 Å². The molecule has 0 fully saturated rings. The predicted molar refractivity (Wildman–Crippen MR) is 79.5 cm³/mol. The third-order valence-electron chi connectivity index (χ3n) is 3.41. The molecule has 6 heteroatoms. The van der Waals surface area contributed by atoms with Gasteiger partial charge >= 0.3 is 0 Å². The summed E-state index contributed by atoms with van der Waals surface area (Å²) in [6.07, 6.45) is 3.65. The molecule has 108 valence electrons. The smallest absolute Gasteiger partial charge is 0.176 e. The van der Waals surface area contributed by atoms with Crippen molar-refractivity contribution >= 4 is 20.7 Å². The highest BCUT2D eigenvalue weighted by Crippen LogP contribution is 2.24. The van der Waals surface area contributed by atoms with Gasteiger partial charge in [-0.05, 0) is 37.7 Å². The first-order chi connectivity index (χ1) is 9.43. The van der Waals surface area contributed by atoms with Crippen LogP contribution in [0.2, 0.25) is 0 Å². The van der Waals surface area contributed by atoms with Crippen molar-refractivity contribution in [1.29, 1.82) is 0 Å². The van der Waals surface area contributed by atoms with Crippen LogP contribution in [-0.2, 0) is 16.3 Å². The van der Waals surface area contributed by atoms with E-state index in [0.29, 0.717) is 15.8 Å². The number of hydrogen-bond acceptors (Lipinski definition) is 5. The van der Waals surface area contributed by atoms with Crippen molar-refractivity contribution in [2.45, 2.75) is 18.2 Å². The van der Waals surface area contributed by atoms with Gasteiger partial charge in [0.05, 0.1) is 16.6 Å². The fraction of sp³-hybridized carbons (Fsp3) is 0.429. The van der Waals surface area contributed by atoms with E-state index in [9.17, 15) is 8.42 Å². The lowest BCUT2D eigenvalue weighted by molar-refractivity contribution is 0.358. The second-order valence-electron chi connectivity index (χ2n) is 4.94. The number of hydrogen-bond donors (Lipinski definition) is 0. The van der Waals surface area contributed by atoms with Gasteiger partial charge < -0.3 is 4.90 Å². The first-order valence-electron chi connectivity index (χ1n) is 6.55. The van der Waals surface area contributed by atoms with E-state index in [1.807, 2.05) is 7.05 Å². The molecular formula is C14H19N3O2S. The Morgan fingerprint density at radius 2 is 2.05 bits per heavy atom. The van der Waals surface area contributed by atoms with Crippen molar-refractivity contribution in [3.8, 4) is 0 Å². The lowest BCUT2D eigenvalue weighted by Crippen LogP contribution is -2.20. The van der Waals surface area contributed by atoms with Crippen LogP contribution in [0.5, 0.6) is 0 Å². The van der Waals surface area contributed by atoms with Crippen LogP contribution in [0, 0.1) is 0 Å². The molecule has 0 radical (unpaired) electrons. The van der Waals surface area contributed by atoms with Gasteiger partial charge in [-0.3, -0.25) is 0 Å². The van der Waals surface area contributed by atoms with Gasteiger partial charge in [-0.25, -0.2) is 8.42 Å². The second-order valence-corrected chi connectivity index (χ2v) is 6.92. The molecule has 0 amide bonds. The molecule has 1 heterocycles. The lowest BCUT2D eigenvalue weighted by Gasteiger charge is -2.15. The molecule has 5 nitrogen and oxygen atoms in total. The maximum atomic E-state index is 11.9. The molecule has 0 spiro atoms. The Morgan fingerprint density at radius 1 is 1.30 bits per heavy atom. The van der Waals surface area contributed by atoms with E-state index >= 15 is 0 Å². The van der Waals surface area contributed by atoms with E-state index in [2.05, 4.69) is 22.0 Å². The van der Waals surface area contributed by atoms with Crippen molar-refractivity contribution in [2.75, 3.05) is 26.4 Å². The van der Waals surface area contributed by atoms with Crippen LogP contribution in [0.15, 0.2) is 29.3 Å². The highest BCUT2D eigenvalue weighted by atomic mass is 32.2. The van der Waals surface area contributed by atoms with Crippen LogP contribution in [0.3, 0.4) is 0 Å². The minimum absolute atomic E-state index is 0.332. The zero-order chi connectivity index (χ0) is 14.8. The van der Waals surface area contributed by atoms with Crippen LogP contribution in [0.4, 0.5) is 0 Å². The van der Waals surface area contributed by atoms with Gasteiger partial charge in [0.25, 0.3) is 0 Å². The van der Waals surface area contributed by atoms with Crippen LogP contribution in [-0.4, -0.2) is 49.9 Å². The summed E-state index contributed by atoms with van der Waals surface area (Å²) in [6.45, 7) is 3.90. The zero-order valence-electron chi connectivity index (χ0n) is 12.0. The van der Waals surface area contributed by atoms with Crippen molar-refractivity contribution < 1.29 is 8.42 Å². The molecular weight excluding hydrogens is 274 g/mol. The number of rotatable bonds is 5. The molecule has 0 aliphatic heterocycles. The first-order valence-corrected chi connectivity index (χ1v) is 8.44. The summed E-state index contributed by atoms with van der Waals surface area (Å²) in [5, 5.41) is 8.71. The zero-order valence-corrected chi connectivity index (χ0v) is 12.8. The fourth-order valence-electron chi connectivity index (χ4n) is 2.12. The second kappa shape index (κ2) is 5.85. The molecule has 0 aliphatic carbocycles. The predicted octanol–water partition coefficient (Wildman–Crippen LogP) is 1.53. The maximum Gasteiger partial charge on any atom is 0.176 e. The molecule has 2 aromatic rings. The Kier molecular flexibility index (Phi) is 4.35. The summed E-state index contributed by atoms with van der Waals surface area (Å²) in [7, 11) is -1.24. The number of likely N-dealkylation sites (N-methyl/N-ethyl adjacent to an activating group) is 1. The number of nitrogens with zero attached hydrogens (tertiary/aromatic N) is 3. The lowest BCUT2D eigenvalue weighted by atomic mass is 10.1. The number of aromatic nitrogens is 2. The van der Waals surface area contributed by atoms with Gasteiger partial charge in [-0.1, -0.05) is 13.0 Å². The number of sulfone groups is 1. The minimum Gasteiger partial charge on any atom is -0.306 e. The van der Waals surface area contributed by atoms with E-state index in [-0.39, 0.29) is 0 Å². The normalized spacial score (nSPS) is 12.2. The summed E-state index contributed by atoms with van der Waals surface area (Å²) < 4.78 is 23.9. The summed E-state index contributed by atoms with van der Waals surface area (Å²) in [5.74, 6) is 0. The summed E-state index contributed by atoms with van der Waals surface area (Å²) in [5.41, 5.74) is 1.56. The average Bonchev–Trinajstić information content (AvgIpc) is 2.42. The third-order valence-corrected chi connectivity index (χ3v) is 4.55. The first kappa shape index (κ1) is 14.9. The minimum atomic E-state index is -3.28. The van der Waals surface area contributed by atoms with Gasteiger partial charge in [-0.2, -0.15) is 10.2 Å². The van der Waals surface area contributed by atoms with E-state index in [1.54, 1.807) is 24.4 Å². The van der Waals surface area contributed by atoms with Gasteiger partial charge in [0.15, 0.2) is 9.84 Å². The SMILES string of the molecule is CCN(C)CCc1cnnc2cccc(S(C)(=O)=O)c12. The molecule has 0 saturated carbocycles. The van der Waals surface area contributed by atoms with Crippen LogP contribution < -0.4 is 0 Å². The molecule has 2 rings (SSSR count). The number of benzene rings is 1. The molecule has 0 aliphatic rings. The Morgan fingerprint density at radius 3 is 2.70 bits per heavy atom. The van der Waals surface area contributed by atoms with Gasteiger partial charge in [-0.15, -0.1) is 0 Å². The van der Waals surface area contributed by atoms with E-state index in [0.717, 1.165) is 25.1 Å². The van der Waals surface area contributed by atoms with Gasteiger partial charge in [0.1, 0.15) is 0 Å². The highest BCUT2D eigenvalue weighted by molar-refractivity contribution is 7.91. The van der Waals surface area contributed by atoms with E-state index in [1.165, 1.54) is 6.26 Å². The Bertz CT molecular complexity index is 708. The summed E-state index contributed by atoms with van der Waals surface area (Å²) in [6, 6.07) is 5.13. The molecule has 20 heavy (non-hydrogen) atoms. The third kappa shape index (κ3) is 3.13. The highest BCUT2D eigenvalue weighted by Gasteiger charge is 2.15. The topological polar surface area (TPSA) is 63.2 Å². The Labute approximate surface area is 119 Å². The van der Waals surface area contributed by atoms with E-state index in [4.69, 9.17) is 0 Å². The summed E-state index contributed by atoms with van der Waals surface area (Å²) in [4.78, 5) is 2.51. The molecule has 0 N–H and O–H groups in total. The van der Waals surface area contributed by atoms with Gasteiger partial charge in [0, 0.05) is 18.2 Å². The van der Waals surface area contributed by atoms with E-state index < -0.39 is 9.84 Å². The van der Waals surface area contributed by atoms with Crippen LogP contribution >= 0.6 is 0 Å². The average molecular weight is 293 g/mol. The quantitative estimate of drug-likeness (QED) is 0.836. The largest absolute Gasteiger partial charge is 0.306 e. The molecule has 1 aromatic carbocycles. The number of fused-ring (bicyclic) bond motifs is 1. The molecule has 0 atom stereocenters. The van der Waals surface area contributed by atoms with Crippen molar-refractivity contribution in [3.05, 3.63) is 30.0 Å². The fourth-order valence-corrected chi connectivity index (χ4v) is 3.05. The van der Waals surface area contributed by atoms with Crippen LogP contribution in [0.25, 0.3) is 10.9 Å². The molecule has 1 aromatic heterocycles. The Hall–Kier alpha value is -1.53. The van der Waals surface area contributed by atoms with Gasteiger partial charge in [0.2, 0.25) is 0 Å². The monoisotopic (exact) mass is 293 g/mol.